The van der Waals surface area contributed by atoms with Crippen LogP contribution in [0.2, 0.25) is 0 Å². The van der Waals surface area contributed by atoms with Gasteiger partial charge in [-0.1, -0.05) is 18.2 Å². The van der Waals surface area contributed by atoms with Crippen LogP contribution in [0.25, 0.3) is 5.65 Å². The Morgan fingerprint density at radius 1 is 1.23 bits per heavy atom. The fourth-order valence-electron chi connectivity index (χ4n) is 2.31. The number of carbonyl (C=O) groups is 1. The van der Waals surface area contributed by atoms with Crippen LogP contribution < -0.4 is 5.32 Å². The lowest BCUT2D eigenvalue weighted by Gasteiger charge is -2.07. The number of halogens is 2. The summed E-state index contributed by atoms with van der Waals surface area (Å²) < 4.78 is 28.3. The molecule has 0 bridgehead atoms. The minimum atomic E-state index is -0.465. The van der Waals surface area contributed by atoms with E-state index < -0.39 is 11.7 Å². The van der Waals surface area contributed by atoms with E-state index in [-0.39, 0.29) is 18.1 Å². The van der Waals surface area contributed by atoms with Gasteiger partial charge in [-0.3, -0.25) is 9.20 Å². The van der Waals surface area contributed by atoms with Crippen molar-refractivity contribution in [2.24, 2.45) is 0 Å². The second kappa shape index (κ2) is 5.55. The van der Waals surface area contributed by atoms with Gasteiger partial charge in [-0.25, -0.2) is 13.8 Å². The van der Waals surface area contributed by atoms with Crippen molar-refractivity contribution in [1.82, 2.24) is 14.7 Å². The molecule has 112 valence electrons. The van der Waals surface area contributed by atoms with Crippen molar-refractivity contribution in [3.05, 3.63) is 71.2 Å². The lowest BCUT2D eigenvalue weighted by Crippen LogP contribution is -2.25. The molecule has 2 aromatic heterocycles. The third-order valence-electron chi connectivity index (χ3n) is 3.37. The molecule has 3 aromatic rings. The Morgan fingerprint density at radius 3 is 2.77 bits per heavy atom. The number of rotatable bonds is 3. The first-order chi connectivity index (χ1) is 10.6. The topological polar surface area (TPSA) is 46.4 Å². The molecule has 0 aliphatic heterocycles. The van der Waals surface area contributed by atoms with Crippen LogP contribution >= 0.6 is 0 Å². The zero-order valence-corrected chi connectivity index (χ0v) is 11.8. The van der Waals surface area contributed by atoms with E-state index in [1.165, 1.54) is 28.8 Å². The molecule has 0 atom stereocenters. The Labute approximate surface area is 125 Å². The number of nitrogens with zero attached hydrogens (tertiary/aromatic N) is 2. The summed E-state index contributed by atoms with van der Waals surface area (Å²) in [5.74, 6) is -1.28. The summed E-state index contributed by atoms with van der Waals surface area (Å²) >= 11 is 0. The quantitative estimate of drug-likeness (QED) is 0.808. The van der Waals surface area contributed by atoms with Crippen LogP contribution in [0.3, 0.4) is 0 Å². The van der Waals surface area contributed by atoms with Gasteiger partial charge < -0.3 is 5.32 Å². The summed E-state index contributed by atoms with van der Waals surface area (Å²) in [5, 5.41) is 2.63. The molecule has 0 saturated heterocycles. The van der Waals surface area contributed by atoms with Crippen LogP contribution in [-0.2, 0) is 6.54 Å². The molecule has 2 heterocycles. The summed E-state index contributed by atoms with van der Waals surface area (Å²) in [7, 11) is 0. The first-order valence-corrected chi connectivity index (χ1v) is 6.72. The number of hydrogen-bond acceptors (Lipinski definition) is 2. The minimum absolute atomic E-state index is 0.0491. The predicted octanol–water partition coefficient (Wildman–Crippen LogP) is 2.85. The number of aromatic nitrogens is 2. The van der Waals surface area contributed by atoms with Crippen molar-refractivity contribution in [3.63, 3.8) is 0 Å². The molecule has 0 aliphatic rings. The minimum Gasteiger partial charge on any atom is -0.347 e. The highest BCUT2D eigenvalue weighted by Gasteiger charge is 2.17. The number of amides is 1. The molecular formula is C16H13F2N3O. The number of carbonyl (C=O) groups excluding carboxylic acids is 1. The van der Waals surface area contributed by atoms with Gasteiger partial charge >= 0.3 is 0 Å². The van der Waals surface area contributed by atoms with Crippen LogP contribution in [0.15, 0.2) is 42.6 Å². The van der Waals surface area contributed by atoms with E-state index in [2.05, 4.69) is 10.3 Å². The van der Waals surface area contributed by atoms with Crippen LogP contribution in [-0.4, -0.2) is 15.3 Å². The fourth-order valence-corrected chi connectivity index (χ4v) is 2.31. The monoisotopic (exact) mass is 301 g/mol. The largest absolute Gasteiger partial charge is 0.347 e. The summed E-state index contributed by atoms with van der Waals surface area (Å²) in [6.45, 7) is 1.72. The molecule has 0 spiro atoms. The molecule has 22 heavy (non-hydrogen) atoms. The van der Waals surface area contributed by atoms with Gasteiger partial charge in [0, 0.05) is 18.3 Å². The van der Waals surface area contributed by atoms with Gasteiger partial charge in [0.05, 0.1) is 5.69 Å². The average Bonchev–Trinajstić information content (AvgIpc) is 2.81. The van der Waals surface area contributed by atoms with Crippen molar-refractivity contribution in [3.8, 4) is 0 Å². The van der Waals surface area contributed by atoms with Crippen LogP contribution in [0.1, 0.15) is 21.7 Å². The van der Waals surface area contributed by atoms with E-state index in [9.17, 15) is 13.6 Å². The smallest absolute Gasteiger partial charge is 0.270 e. The van der Waals surface area contributed by atoms with E-state index in [0.29, 0.717) is 16.9 Å². The zero-order chi connectivity index (χ0) is 15.7. The molecule has 1 amide bonds. The molecule has 0 saturated carbocycles. The predicted molar refractivity (Wildman–Crippen MR) is 77.5 cm³/mol. The SMILES string of the molecule is Cc1nc2ccc(F)cn2c1C(=O)NCc1ccccc1F. The number of hydrogen-bond donors (Lipinski definition) is 1. The highest BCUT2D eigenvalue weighted by molar-refractivity contribution is 5.94. The second-order valence-electron chi connectivity index (χ2n) is 4.90. The Balaban J connectivity index is 1.88. The number of aryl methyl sites for hydroxylation is 1. The van der Waals surface area contributed by atoms with Gasteiger partial charge in [-0.2, -0.15) is 0 Å². The molecular weight excluding hydrogens is 288 g/mol. The third-order valence-corrected chi connectivity index (χ3v) is 3.37. The highest BCUT2D eigenvalue weighted by Crippen LogP contribution is 2.14. The van der Waals surface area contributed by atoms with E-state index in [1.54, 1.807) is 25.1 Å². The van der Waals surface area contributed by atoms with Crippen molar-refractivity contribution < 1.29 is 13.6 Å². The Hall–Kier alpha value is -2.76. The number of benzene rings is 1. The number of imidazole rings is 1. The molecule has 0 unspecified atom stereocenters. The summed E-state index contributed by atoms with van der Waals surface area (Å²) in [6, 6.07) is 8.98. The third kappa shape index (κ3) is 2.55. The van der Waals surface area contributed by atoms with Gasteiger partial charge in [0.25, 0.3) is 5.91 Å². The van der Waals surface area contributed by atoms with Gasteiger partial charge in [0.2, 0.25) is 0 Å². The van der Waals surface area contributed by atoms with E-state index in [4.69, 9.17) is 0 Å². The number of nitrogens with one attached hydrogen (secondary N) is 1. The van der Waals surface area contributed by atoms with Gasteiger partial charge in [-0.05, 0) is 25.1 Å². The van der Waals surface area contributed by atoms with Crippen molar-refractivity contribution in [2.45, 2.75) is 13.5 Å². The maximum absolute atomic E-state index is 13.5. The van der Waals surface area contributed by atoms with Gasteiger partial charge in [0.1, 0.15) is 23.0 Å². The highest BCUT2D eigenvalue weighted by atomic mass is 19.1. The van der Waals surface area contributed by atoms with E-state index in [0.717, 1.165) is 0 Å². The molecule has 0 fully saturated rings. The number of pyridine rings is 1. The summed E-state index contributed by atoms with van der Waals surface area (Å²) in [4.78, 5) is 16.5. The maximum atomic E-state index is 13.5. The Bertz CT molecular complexity index is 858. The van der Waals surface area contributed by atoms with Crippen molar-refractivity contribution in [2.75, 3.05) is 0 Å². The van der Waals surface area contributed by atoms with Crippen LogP contribution in [0, 0.1) is 18.6 Å². The molecule has 1 N–H and O–H groups in total. The van der Waals surface area contributed by atoms with Crippen LogP contribution in [0.5, 0.6) is 0 Å². The maximum Gasteiger partial charge on any atom is 0.270 e. The average molecular weight is 301 g/mol. The summed E-state index contributed by atoms with van der Waals surface area (Å²) in [6.07, 6.45) is 1.20. The first kappa shape index (κ1) is 14.2. The molecule has 0 radical (unpaired) electrons. The van der Waals surface area contributed by atoms with E-state index >= 15 is 0 Å². The Kier molecular flexibility index (Phi) is 3.58. The van der Waals surface area contributed by atoms with E-state index in [1.807, 2.05) is 0 Å². The first-order valence-electron chi connectivity index (χ1n) is 6.72. The normalized spacial score (nSPS) is 10.9. The Morgan fingerprint density at radius 2 is 2.00 bits per heavy atom. The van der Waals surface area contributed by atoms with Crippen LogP contribution in [0.4, 0.5) is 8.78 Å². The fraction of sp³-hybridized carbons (Fsp3) is 0.125. The molecule has 3 rings (SSSR count). The lowest BCUT2D eigenvalue weighted by molar-refractivity contribution is 0.0944. The van der Waals surface area contributed by atoms with Crippen molar-refractivity contribution >= 4 is 11.6 Å². The van der Waals surface area contributed by atoms with Crippen molar-refractivity contribution in [1.29, 1.82) is 0 Å². The molecule has 4 nitrogen and oxygen atoms in total. The van der Waals surface area contributed by atoms with Gasteiger partial charge in [-0.15, -0.1) is 0 Å². The van der Waals surface area contributed by atoms with Gasteiger partial charge in [0.15, 0.2) is 0 Å². The zero-order valence-electron chi connectivity index (χ0n) is 11.8. The molecule has 1 aromatic carbocycles. The second-order valence-corrected chi connectivity index (χ2v) is 4.90. The molecule has 6 heteroatoms. The standard InChI is InChI=1S/C16H13F2N3O/c1-10-15(21-9-12(17)6-7-14(21)20-10)16(22)19-8-11-4-2-3-5-13(11)18/h2-7,9H,8H2,1H3,(H,19,22). The molecule has 0 aliphatic carbocycles. The number of fused-ring (bicyclic) bond motifs is 1. The lowest BCUT2D eigenvalue weighted by atomic mass is 10.2. The summed E-state index contributed by atoms with van der Waals surface area (Å²) in [5.41, 5.74) is 1.59.